The van der Waals surface area contributed by atoms with Crippen molar-refractivity contribution in [2.75, 3.05) is 0 Å². The van der Waals surface area contributed by atoms with Crippen LogP contribution in [-0.2, 0) is 6.42 Å². The molecule has 0 fully saturated rings. The Morgan fingerprint density at radius 1 is 1.10 bits per heavy atom. The summed E-state index contributed by atoms with van der Waals surface area (Å²) in [6.07, 6.45) is -0.344. The third-order valence-corrected chi connectivity index (χ3v) is 4.07. The van der Waals surface area contributed by atoms with Crippen LogP contribution in [0.3, 0.4) is 0 Å². The molecule has 1 heterocycles. The summed E-state index contributed by atoms with van der Waals surface area (Å²) >= 11 is 3.28. The van der Waals surface area contributed by atoms with Gasteiger partial charge < -0.3 is 5.11 Å². The molecule has 3 aromatic rings. The van der Waals surface area contributed by atoms with Crippen molar-refractivity contribution in [3.63, 3.8) is 0 Å². The first-order chi connectivity index (χ1) is 10.1. The molecule has 0 bridgehead atoms. The molecule has 0 aliphatic carbocycles. The third-order valence-electron chi connectivity index (χ3n) is 3.38. The number of fused-ring (bicyclic) bond motifs is 1. The molecule has 4 heteroatoms. The molecular weight excluding hydrogens is 333 g/mol. The fraction of sp³-hybridized carbons (Fsp3) is 0.118. The maximum absolute atomic E-state index is 13.1. The average molecular weight is 346 g/mol. The highest BCUT2D eigenvalue weighted by Gasteiger charge is 2.13. The van der Waals surface area contributed by atoms with Gasteiger partial charge in [-0.15, -0.1) is 0 Å². The number of aliphatic hydroxyl groups excluding tert-OH is 1. The second-order valence-corrected chi connectivity index (χ2v) is 5.74. The topological polar surface area (TPSA) is 33.1 Å². The summed E-state index contributed by atoms with van der Waals surface area (Å²) in [5.74, 6) is -0.332. The van der Waals surface area contributed by atoms with Gasteiger partial charge in [0.15, 0.2) is 0 Å². The normalized spacial score (nSPS) is 12.5. The lowest BCUT2D eigenvalue weighted by Crippen LogP contribution is -2.04. The Kier molecular flexibility index (Phi) is 3.99. The number of nitrogens with zero attached hydrogens (tertiary/aromatic N) is 1. The molecule has 0 radical (unpaired) electrons. The molecule has 1 aromatic heterocycles. The van der Waals surface area contributed by atoms with Crippen molar-refractivity contribution < 1.29 is 9.50 Å². The maximum atomic E-state index is 13.1. The van der Waals surface area contributed by atoms with E-state index < -0.39 is 6.10 Å². The number of aromatic nitrogens is 1. The maximum Gasteiger partial charge on any atom is 0.124 e. The minimum absolute atomic E-state index is 0.332. The van der Waals surface area contributed by atoms with E-state index in [1.54, 1.807) is 6.07 Å². The number of halogens is 2. The minimum Gasteiger partial charge on any atom is -0.388 e. The number of rotatable bonds is 3. The zero-order valence-electron chi connectivity index (χ0n) is 11.1. The highest BCUT2D eigenvalue weighted by molar-refractivity contribution is 9.10. The Labute approximate surface area is 130 Å². The lowest BCUT2D eigenvalue weighted by atomic mass is 10.0. The number of aliphatic hydroxyl groups is 1. The van der Waals surface area contributed by atoms with Gasteiger partial charge in [-0.3, -0.25) is 4.98 Å². The van der Waals surface area contributed by atoms with Gasteiger partial charge in [-0.25, -0.2) is 4.39 Å². The fourth-order valence-electron chi connectivity index (χ4n) is 2.30. The molecule has 0 saturated carbocycles. The van der Waals surface area contributed by atoms with Crippen LogP contribution < -0.4 is 0 Å². The smallest absolute Gasteiger partial charge is 0.124 e. The summed E-state index contributed by atoms with van der Waals surface area (Å²) in [5, 5.41) is 11.4. The number of benzene rings is 2. The first-order valence-electron chi connectivity index (χ1n) is 6.61. The van der Waals surface area contributed by atoms with E-state index in [0.29, 0.717) is 16.5 Å². The molecule has 0 aliphatic rings. The minimum atomic E-state index is -0.728. The van der Waals surface area contributed by atoms with Crippen LogP contribution in [0.4, 0.5) is 4.39 Å². The molecule has 3 rings (SSSR count). The summed E-state index contributed by atoms with van der Waals surface area (Å²) in [4.78, 5) is 4.54. The zero-order chi connectivity index (χ0) is 14.8. The van der Waals surface area contributed by atoms with Crippen molar-refractivity contribution in [3.8, 4) is 0 Å². The predicted molar refractivity (Wildman–Crippen MR) is 84.5 cm³/mol. The zero-order valence-corrected chi connectivity index (χ0v) is 12.7. The van der Waals surface area contributed by atoms with Crippen molar-refractivity contribution in [2.45, 2.75) is 12.5 Å². The molecule has 1 atom stereocenters. The van der Waals surface area contributed by atoms with Crippen LogP contribution >= 0.6 is 15.9 Å². The van der Waals surface area contributed by atoms with Gasteiger partial charge in [-0.05, 0) is 29.8 Å². The van der Waals surface area contributed by atoms with Crippen LogP contribution in [0.5, 0.6) is 0 Å². The van der Waals surface area contributed by atoms with Gasteiger partial charge in [0.25, 0.3) is 0 Å². The standard InChI is InChI=1S/C17H13BrFNO/c18-15-9-12(19)6-8-14(15)17(21)10-13-7-5-11-3-1-2-4-16(11)20-13/h1-9,17,21H,10H2. The quantitative estimate of drug-likeness (QED) is 0.762. The van der Waals surface area contributed by atoms with Crippen LogP contribution in [0.1, 0.15) is 17.4 Å². The molecule has 0 amide bonds. The molecule has 2 aromatic carbocycles. The van der Waals surface area contributed by atoms with Crippen LogP contribution in [0.15, 0.2) is 59.1 Å². The lowest BCUT2D eigenvalue weighted by Gasteiger charge is -2.13. The van der Waals surface area contributed by atoms with E-state index in [2.05, 4.69) is 20.9 Å². The Morgan fingerprint density at radius 3 is 2.71 bits per heavy atom. The summed E-state index contributed by atoms with van der Waals surface area (Å²) in [7, 11) is 0. The summed E-state index contributed by atoms with van der Waals surface area (Å²) in [6.45, 7) is 0. The first-order valence-corrected chi connectivity index (χ1v) is 7.40. The molecule has 106 valence electrons. The van der Waals surface area contributed by atoms with E-state index in [-0.39, 0.29) is 5.82 Å². The predicted octanol–water partition coefficient (Wildman–Crippen LogP) is 4.41. The average Bonchev–Trinajstić information content (AvgIpc) is 2.47. The monoisotopic (exact) mass is 345 g/mol. The van der Waals surface area contributed by atoms with E-state index in [9.17, 15) is 9.50 Å². The van der Waals surface area contributed by atoms with Crippen LogP contribution in [-0.4, -0.2) is 10.1 Å². The summed E-state index contributed by atoms with van der Waals surface area (Å²) in [6, 6.07) is 16.0. The molecule has 1 unspecified atom stereocenters. The van der Waals surface area contributed by atoms with E-state index >= 15 is 0 Å². The number of pyridine rings is 1. The Hall–Kier alpha value is -1.78. The first kappa shape index (κ1) is 14.2. The van der Waals surface area contributed by atoms with Crippen molar-refractivity contribution in [2.24, 2.45) is 0 Å². The van der Waals surface area contributed by atoms with Crippen LogP contribution in [0.2, 0.25) is 0 Å². The third kappa shape index (κ3) is 3.12. The molecule has 0 saturated heterocycles. The Morgan fingerprint density at radius 2 is 1.90 bits per heavy atom. The van der Waals surface area contributed by atoms with Gasteiger partial charge in [-0.1, -0.05) is 46.3 Å². The fourth-order valence-corrected chi connectivity index (χ4v) is 2.92. The van der Waals surface area contributed by atoms with Gasteiger partial charge in [0.2, 0.25) is 0 Å². The second-order valence-electron chi connectivity index (χ2n) is 4.88. The van der Waals surface area contributed by atoms with Gasteiger partial charge in [0, 0.05) is 22.0 Å². The largest absolute Gasteiger partial charge is 0.388 e. The Balaban J connectivity index is 1.87. The summed E-state index contributed by atoms with van der Waals surface area (Å²) in [5.41, 5.74) is 2.36. The van der Waals surface area contributed by atoms with Crippen molar-refractivity contribution in [3.05, 3.63) is 76.1 Å². The van der Waals surface area contributed by atoms with Crippen molar-refractivity contribution in [1.82, 2.24) is 4.98 Å². The number of hydrogen-bond donors (Lipinski definition) is 1. The molecule has 0 spiro atoms. The Bertz CT molecular complexity index is 791. The molecule has 21 heavy (non-hydrogen) atoms. The van der Waals surface area contributed by atoms with Gasteiger partial charge >= 0.3 is 0 Å². The van der Waals surface area contributed by atoms with E-state index in [1.807, 2.05) is 36.4 Å². The highest BCUT2D eigenvalue weighted by Crippen LogP contribution is 2.27. The van der Waals surface area contributed by atoms with E-state index in [1.165, 1.54) is 12.1 Å². The van der Waals surface area contributed by atoms with Gasteiger partial charge in [0.05, 0.1) is 11.6 Å². The lowest BCUT2D eigenvalue weighted by molar-refractivity contribution is 0.176. The number of hydrogen-bond acceptors (Lipinski definition) is 2. The summed E-state index contributed by atoms with van der Waals surface area (Å²) < 4.78 is 13.7. The van der Waals surface area contributed by atoms with E-state index in [0.717, 1.165) is 16.6 Å². The van der Waals surface area contributed by atoms with E-state index in [4.69, 9.17) is 0 Å². The van der Waals surface area contributed by atoms with Crippen molar-refractivity contribution in [1.29, 1.82) is 0 Å². The van der Waals surface area contributed by atoms with Crippen LogP contribution in [0, 0.1) is 5.82 Å². The second kappa shape index (κ2) is 5.92. The highest BCUT2D eigenvalue weighted by atomic mass is 79.9. The molecule has 2 nitrogen and oxygen atoms in total. The van der Waals surface area contributed by atoms with Crippen LogP contribution in [0.25, 0.3) is 10.9 Å². The van der Waals surface area contributed by atoms with Gasteiger partial charge in [0.1, 0.15) is 5.82 Å². The SMILES string of the molecule is OC(Cc1ccc2ccccc2n1)c1ccc(F)cc1Br. The molecule has 0 aliphatic heterocycles. The van der Waals surface area contributed by atoms with Gasteiger partial charge in [-0.2, -0.15) is 0 Å². The van der Waals surface area contributed by atoms with Crippen molar-refractivity contribution >= 4 is 26.8 Å². The molecular formula is C17H13BrFNO. The number of para-hydroxylation sites is 1. The molecule has 1 N–H and O–H groups in total.